The molecule has 0 fully saturated rings. The van der Waals surface area contributed by atoms with Crippen molar-refractivity contribution in [1.29, 1.82) is 0 Å². The molecular formula is C14H32S2Si3. The van der Waals surface area contributed by atoms with Crippen LogP contribution in [0.4, 0.5) is 0 Å². The molecule has 0 spiro atoms. The lowest BCUT2D eigenvalue weighted by Crippen LogP contribution is -2.74. The molecule has 0 aliphatic carbocycles. The van der Waals surface area contributed by atoms with Crippen LogP contribution >= 0.6 is 22.4 Å². The van der Waals surface area contributed by atoms with Crippen LogP contribution < -0.4 is 0 Å². The third-order valence-corrected chi connectivity index (χ3v) is 70.9. The molecule has 1 heterocycles. The fourth-order valence-corrected chi connectivity index (χ4v) is 71.1. The summed E-state index contributed by atoms with van der Waals surface area (Å²) in [5.41, 5.74) is 0. The Kier molecular flexibility index (Phi) is 4.84. The van der Waals surface area contributed by atoms with Gasteiger partial charge in [-0.3, -0.25) is 0 Å². The molecule has 5 heteroatoms. The SMILES string of the molecule is CC(C)(C)[Si](C)(C)[Si]1([Si](C)(C)C(C)(C)C)SC=CS1. The minimum absolute atomic E-state index is 0.501. The van der Waals surface area contributed by atoms with Crippen LogP contribution in [0, 0.1) is 0 Å². The lowest BCUT2D eigenvalue weighted by Gasteiger charge is -2.58. The average Bonchev–Trinajstić information content (AvgIpc) is 2.63. The van der Waals surface area contributed by atoms with E-state index in [2.05, 4.69) is 101 Å². The monoisotopic (exact) mass is 348 g/mol. The molecule has 0 aromatic carbocycles. The third kappa shape index (κ3) is 2.62. The summed E-state index contributed by atoms with van der Waals surface area (Å²) in [6.07, 6.45) is 0. The summed E-state index contributed by atoms with van der Waals surface area (Å²) in [6.45, 7) is 25.8. The van der Waals surface area contributed by atoms with Gasteiger partial charge in [-0.05, 0) is 20.9 Å². The van der Waals surface area contributed by atoms with Crippen LogP contribution in [0.2, 0.25) is 36.3 Å². The Labute approximate surface area is 131 Å². The van der Waals surface area contributed by atoms with Gasteiger partial charge in [-0.1, -0.05) is 67.7 Å². The van der Waals surface area contributed by atoms with Crippen LogP contribution in [0.1, 0.15) is 41.5 Å². The molecule has 1 rings (SSSR count). The van der Waals surface area contributed by atoms with Crippen LogP contribution in [-0.4, -0.2) is 20.6 Å². The van der Waals surface area contributed by atoms with Crippen molar-refractivity contribution in [2.75, 3.05) is 0 Å². The van der Waals surface area contributed by atoms with Gasteiger partial charge in [-0.2, -0.15) is 22.4 Å². The van der Waals surface area contributed by atoms with E-state index in [4.69, 9.17) is 0 Å². The van der Waals surface area contributed by atoms with E-state index < -0.39 is 20.6 Å². The van der Waals surface area contributed by atoms with Crippen molar-refractivity contribution in [1.82, 2.24) is 0 Å². The maximum absolute atomic E-state index is 2.69. The first-order chi connectivity index (χ1) is 8.21. The van der Waals surface area contributed by atoms with Crippen molar-refractivity contribution in [3.63, 3.8) is 0 Å². The molecule has 1 aliphatic heterocycles. The van der Waals surface area contributed by atoms with E-state index in [1.807, 2.05) is 0 Å². The van der Waals surface area contributed by atoms with Crippen LogP contribution in [-0.2, 0) is 0 Å². The second kappa shape index (κ2) is 5.07. The smallest absolute Gasteiger partial charge is 0.151 e. The molecular weight excluding hydrogens is 317 g/mol. The van der Waals surface area contributed by atoms with Gasteiger partial charge in [-0.25, -0.2) is 0 Å². The maximum atomic E-state index is 2.69. The molecule has 0 saturated carbocycles. The van der Waals surface area contributed by atoms with Crippen LogP contribution in [0.15, 0.2) is 10.8 Å². The molecule has 0 aromatic heterocycles. The summed E-state index contributed by atoms with van der Waals surface area (Å²) in [6, 6.07) is 0. The Hall–Kier alpha value is 1.09. The Morgan fingerprint density at radius 1 is 0.684 bits per heavy atom. The summed E-state index contributed by atoms with van der Waals surface area (Å²) in [5.74, 6) is 0. The van der Waals surface area contributed by atoms with Crippen molar-refractivity contribution in [3.8, 4) is 0 Å². The highest BCUT2D eigenvalue weighted by atomic mass is 32.6. The van der Waals surface area contributed by atoms with E-state index >= 15 is 0 Å². The predicted octanol–water partition coefficient (Wildman–Crippen LogP) is 6.55. The second-order valence-corrected chi connectivity index (χ2v) is 44.3. The van der Waals surface area contributed by atoms with Gasteiger partial charge in [0.2, 0.25) is 0 Å². The highest BCUT2D eigenvalue weighted by molar-refractivity contribution is 8.74. The first kappa shape index (κ1) is 18.1. The Bertz CT molecular complexity index is 337. The molecule has 0 unspecified atom stereocenters. The van der Waals surface area contributed by atoms with E-state index in [9.17, 15) is 0 Å². The molecule has 0 nitrogen and oxygen atoms in total. The molecule has 0 bridgehead atoms. The molecule has 0 N–H and O–H groups in total. The molecule has 0 atom stereocenters. The summed E-state index contributed by atoms with van der Waals surface area (Å²) >= 11 is 4.60. The van der Waals surface area contributed by atoms with Crippen molar-refractivity contribution in [2.24, 2.45) is 0 Å². The first-order valence-electron chi connectivity index (χ1n) is 7.21. The van der Waals surface area contributed by atoms with E-state index in [0.29, 0.717) is 10.1 Å². The zero-order valence-electron chi connectivity index (χ0n) is 14.5. The fraction of sp³-hybridized carbons (Fsp3) is 0.857. The van der Waals surface area contributed by atoms with Crippen molar-refractivity contribution in [2.45, 2.75) is 77.8 Å². The van der Waals surface area contributed by atoms with Gasteiger partial charge in [0.1, 0.15) is 0 Å². The molecule has 0 saturated heterocycles. The Balaban J connectivity index is 3.44. The normalized spacial score (nSPS) is 20.9. The zero-order chi connectivity index (χ0) is 15.3. The summed E-state index contributed by atoms with van der Waals surface area (Å²) < 4.78 is 0. The number of hydrogen-bond donors (Lipinski definition) is 0. The summed E-state index contributed by atoms with van der Waals surface area (Å²) in [5, 5.41) is 4.50. The van der Waals surface area contributed by atoms with Crippen LogP contribution in [0.3, 0.4) is 0 Å². The number of hydrogen-bond acceptors (Lipinski definition) is 2. The number of rotatable bonds is 2. The Morgan fingerprint density at radius 3 is 1.16 bits per heavy atom. The topological polar surface area (TPSA) is 0 Å². The zero-order valence-corrected chi connectivity index (χ0v) is 19.1. The summed E-state index contributed by atoms with van der Waals surface area (Å²) in [4.78, 5) is 0. The average molecular weight is 349 g/mol. The van der Waals surface area contributed by atoms with Crippen molar-refractivity contribution < 1.29 is 0 Å². The maximum Gasteiger partial charge on any atom is 0.167 e. The van der Waals surface area contributed by atoms with E-state index in [-0.39, 0.29) is 0 Å². The first-order valence-corrected chi connectivity index (χ1v) is 20.4. The van der Waals surface area contributed by atoms with E-state index in [1.165, 1.54) is 0 Å². The van der Waals surface area contributed by atoms with Gasteiger partial charge in [0.25, 0.3) is 0 Å². The molecule has 19 heavy (non-hydrogen) atoms. The molecule has 0 aromatic rings. The summed E-state index contributed by atoms with van der Waals surface area (Å²) in [7, 11) is -2.61. The Morgan fingerprint density at radius 2 is 0.947 bits per heavy atom. The van der Waals surface area contributed by atoms with Gasteiger partial charge in [0.05, 0.1) is 15.2 Å². The third-order valence-electron chi connectivity index (χ3n) is 5.92. The quantitative estimate of drug-likeness (QED) is 0.519. The van der Waals surface area contributed by atoms with Gasteiger partial charge in [0.15, 0.2) is 5.41 Å². The lowest BCUT2D eigenvalue weighted by molar-refractivity contribution is 0.727. The van der Waals surface area contributed by atoms with Crippen molar-refractivity contribution in [3.05, 3.63) is 10.8 Å². The van der Waals surface area contributed by atoms with Crippen LogP contribution in [0.25, 0.3) is 0 Å². The highest BCUT2D eigenvalue weighted by Crippen LogP contribution is 2.62. The second-order valence-electron chi connectivity index (χ2n) is 8.87. The van der Waals surface area contributed by atoms with Crippen molar-refractivity contribution >= 4 is 43.0 Å². The largest absolute Gasteiger partial charge is 0.167 e. The van der Waals surface area contributed by atoms with Gasteiger partial charge in [-0.15, -0.1) is 0 Å². The molecule has 1 aliphatic rings. The fourth-order valence-electron chi connectivity index (χ4n) is 2.63. The molecule has 0 amide bonds. The minimum atomic E-state index is -1.36. The van der Waals surface area contributed by atoms with Gasteiger partial charge in [0, 0.05) is 0 Å². The standard InChI is InChI=1S/C14H32S2Si3/c1-13(2,3)17(7,8)19(15-11-12-16-19)18(9,10)14(4,5)6/h11-12H,1-10H3. The minimum Gasteiger partial charge on any atom is -0.151 e. The van der Waals surface area contributed by atoms with Crippen LogP contribution in [0.5, 0.6) is 0 Å². The van der Waals surface area contributed by atoms with Gasteiger partial charge < -0.3 is 0 Å². The van der Waals surface area contributed by atoms with E-state index in [1.54, 1.807) is 0 Å². The molecule has 112 valence electrons. The van der Waals surface area contributed by atoms with E-state index in [0.717, 1.165) is 0 Å². The lowest BCUT2D eigenvalue weighted by atomic mass is 10.2. The highest BCUT2D eigenvalue weighted by Gasteiger charge is 2.67. The van der Waals surface area contributed by atoms with Gasteiger partial charge >= 0.3 is 0 Å². The molecule has 0 radical (unpaired) electrons. The predicted molar refractivity (Wildman–Crippen MR) is 104 cm³/mol.